The molecular formula is C10H7BrClN. The number of pyridine rings is 1. The molecule has 1 aromatic heterocycles. The van der Waals surface area contributed by atoms with Gasteiger partial charge in [-0.05, 0) is 40.5 Å². The molecule has 0 atom stereocenters. The Bertz CT molecular complexity index is 468. The monoisotopic (exact) mass is 255 g/mol. The Morgan fingerprint density at radius 3 is 2.85 bits per heavy atom. The Morgan fingerprint density at radius 1 is 1.31 bits per heavy atom. The molecule has 0 saturated carbocycles. The second-order valence-electron chi connectivity index (χ2n) is 2.96. The molecule has 1 heterocycles. The van der Waals surface area contributed by atoms with E-state index < -0.39 is 0 Å². The van der Waals surface area contributed by atoms with Crippen molar-refractivity contribution in [2.45, 2.75) is 6.92 Å². The van der Waals surface area contributed by atoms with Gasteiger partial charge in [-0.15, -0.1) is 0 Å². The van der Waals surface area contributed by atoms with Crippen molar-refractivity contribution in [2.75, 3.05) is 0 Å². The van der Waals surface area contributed by atoms with Crippen LogP contribution in [0.15, 0.2) is 28.7 Å². The van der Waals surface area contributed by atoms with Crippen molar-refractivity contribution >= 4 is 38.4 Å². The molecule has 0 unspecified atom stereocenters. The van der Waals surface area contributed by atoms with Crippen LogP contribution in [0.25, 0.3) is 10.9 Å². The van der Waals surface area contributed by atoms with E-state index in [2.05, 4.69) is 27.0 Å². The minimum Gasteiger partial charge on any atom is -0.235 e. The maximum Gasteiger partial charge on any atom is 0.143 e. The number of halogens is 2. The molecular weight excluding hydrogens is 249 g/mol. The van der Waals surface area contributed by atoms with Crippen molar-refractivity contribution in [1.29, 1.82) is 0 Å². The quantitative estimate of drug-likeness (QED) is 0.650. The zero-order valence-electron chi connectivity index (χ0n) is 7.01. The van der Waals surface area contributed by atoms with Gasteiger partial charge in [0, 0.05) is 5.39 Å². The molecule has 13 heavy (non-hydrogen) atoms. The average molecular weight is 257 g/mol. The molecule has 3 heteroatoms. The predicted molar refractivity (Wildman–Crippen MR) is 59.2 cm³/mol. The molecule has 0 saturated heterocycles. The lowest BCUT2D eigenvalue weighted by Crippen LogP contribution is -1.82. The van der Waals surface area contributed by atoms with Crippen LogP contribution in [0.4, 0.5) is 0 Å². The Balaban J connectivity index is 2.81. The fourth-order valence-corrected chi connectivity index (χ4v) is 1.71. The van der Waals surface area contributed by atoms with Crippen LogP contribution in [0.1, 0.15) is 5.56 Å². The average Bonchev–Trinajstić information content (AvgIpc) is 2.08. The molecule has 0 radical (unpaired) electrons. The summed E-state index contributed by atoms with van der Waals surface area (Å²) < 4.78 is 0.838. The summed E-state index contributed by atoms with van der Waals surface area (Å²) in [7, 11) is 0. The van der Waals surface area contributed by atoms with Crippen molar-refractivity contribution in [1.82, 2.24) is 4.98 Å². The molecule has 0 N–H and O–H groups in total. The first kappa shape index (κ1) is 8.97. The van der Waals surface area contributed by atoms with Gasteiger partial charge in [0.1, 0.15) is 5.15 Å². The first-order chi connectivity index (χ1) is 6.16. The summed E-state index contributed by atoms with van der Waals surface area (Å²) in [6.07, 6.45) is 0. The van der Waals surface area contributed by atoms with E-state index >= 15 is 0 Å². The van der Waals surface area contributed by atoms with E-state index in [0.29, 0.717) is 5.15 Å². The molecule has 0 spiro atoms. The number of aromatic nitrogens is 1. The smallest absolute Gasteiger partial charge is 0.143 e. The van der Waals surface area contributed by atoms with Crippen LogP contribution in [-0.2, 0) is 0 Å². The van der Waals surface area contributed by atoms with E-state index in [9.17, 15) is 0 Å². The van der Waals surface area contributed by atoms with E-state index in [1.807, 2.05) is 25.1 Å². The van der Waals surface area contributed by atoms with Crippen LogP contribution in [0.5, 0.6) is 0 Å². The zero-order valence-corrected chi connectivity index (χ0v) is 9.35. The highest BCUT2D eigenvalue weighted by atomic mass is 79.9. The number of aryl methyl sites for hydroxylation is 1. The fraction of sp³-hybridized carbons (Fsp3) is 0.100. The minimum absolute atomic E-state index is 0.512. The first-order valence-electron chi connectivity index (χ1n) is 3.89. The highest BCUT2D eigenvalue weighted by molar-refractivity contribution is 9.10. The minimum atomic E-state index is 0.512. The highest BCUT2D eigenvalue weighted by Gasteiger charge is 2.01. The van der Waals surface area contributed by atoms with E-state index in [4.69, 9.17) is 11.6 Å². The summed E-state index contributed by atoms with van der Waals surface area (Å²) in [4.78, 5) is 4.25. The third kappa shape index (κ3) is 1.69. The topological polar surface area (TPSA) is 12.9 Å². The van der Waals surface area contributed by atoms with E-state index in [1.165, 1.54) is 5.56 Å². The molecule has 0 bridgehead atoms. The lowest BCUT2D eigenvalue weighted by atomic mass is 10.1. The number of rotatable bonds is 0. The first-order valence-corrected chi connectivity index (χ1v) is 5.06. The Labute approximate surface area is 89.9 Å². The van der Waals surface area contributed by atoms with E-state index in [-0.39, 0.29) is 0 Å². The highest BCUT2D eigenvalue weighted by Crippen LogP contribution is 2.25. The van der Waals surface area contributed by atoms with Gasteiger partial charge in [0.15, 0.2) is 0 Å². The fourth-order valence-electron chi connectivity index (χ4n) is 1.23. The van der Waals surface area contributed by atoms with Crippen molar-refractivity contribution in [3.05, 3.63) is 39.5 Å². The van der Waals surface area contributed by atoms with Crippen LogP contribution < -0.4 is 0 Å². The van der Waals surface area contributed by atoms with Gasteiger partial charge in [-0.25, -0.2) is 4.98 Å². The lowest BCUT2D eigenvalue weighted by Gasteiger charge is -2.00. The normalized spacial score (nSPS) is 10.7. The molecule has 1 aromatic carbocycles. The third-order valence-corrected chi connectivity index (χ3v) is 3.00. The van der Waals surface area contributed by atoms with Gasteiger partial charge in [-0.2, -0.15) is 0 Å². The largest absolute Gasteiger partial charge is 0.235 e. The second kappa shape index (κ2) is 3.28. The summed E-state index contributed by atoms with van der Waals surface area (Å²) in [5.41, 5.74) is 2.13. The van der Waals surface area contributed by atoms with E-state index in [0.717, 1.165) is 15.4 Å². The SMILES string of the molecule is Cc1ccc2cc(Br)c(Cl)nc2c1. The predicted octanol–water partition coefficient (Wildman–Crippen LogP) is 3.96. The van der Waals surface area contributed by atoms with Crippen LogP contribution in [0.3, 0.4) is 0 Å². The summed E-state index contributed by atoms with van der Waals surface area (Å²) in [6, 6.07) is 8.10. The third-order valence-electron chi connectivity index (χ3n) is 1.88. The molecule has 2 rings (SSSR count). The van der Waals surface area contributed by atoms with Crippen LogP contribution in [-0.4, -0.2) is 4.98 Å². The molecule has 1 nitrogen and oxygen atoms in total. The molecule has 0 aliphatic carbocycles. The van der Waals surface area contributed by atoms with Gasteiger partial charge >= 0.3 is 0 Å². The number of hydrogen-bond acceptors (Lipinski definition) is 1. The molecule has 0 amide bonds. The van der Waals surface area contributed by atoms with Gasteiger partial charge in [-0.3, -0.25) is 0 Å². The van der Waals surface area contributed by atoms with Crippen molar-refractivity contribution in [3.63, 3.8) is 0 Å². The number of nitrogens with zero attached hydrogens (tertiary/aromatic N) is 1. The van der Waals surface area contributed by atoms with Gasteiger partial charge in [-0.1, -0.05) is 23.7 Å². The summed E-state index contributed by atoms with van der Waals surface area (Å²) in [5.74, 6) is 0. The second-order valence-corrected chi connectivity index (χ2v) is 4.17. The van der Waals surface area contributed by atoms with Crippen molar-refractivity contribution < 1.29 is 0 Å². The summed E-state index contributed by atoms with van der Waals surface area (Å²) >= 11 is 9.22. The molecule has 2 aromatic rings. The lowest BCUT2D eigenvalue weighted by molar-refractivity contribution is 1.37. The van der Waals surface area contributed by atoms with Crippen LogP contribution in [0.2, 0.25) is 5.15 Å². The van der Waals surface area contributed by atoms with Crippen LogP contribution in [0, 0.1) is 6.92 Å². The van der Waals surface area contributed by atoms with Gasteiger partial charge < -0.3 is 0 Å². The molecule has 0 aliphatic rings. The Kier molecular flexibility index (Phi) is 2.26. The Morgan fingerprint density at radius 2 is 2.08 bits per heavy atom. The van der Waals surface area contributed by atoms with Crippen molar-refractivity contribution in [3.8, 4) is 0 Å². The van der Waals surface area contributed by atoms with Crippen molar-refractivity contribution in [2.24, 2.45) is 0 Å². The number of hydrogen-bond donors (Lipinski definition) is 0. The summed E-state index contributed by atoms with van der Waals surface area (Å²) in [6.45, 7) is 2.04. The number of fused-ring (bicyclic) bond motifs is 1. The zero-order chi connectivity index (χ0) is 9.42. The maximum atomic E-state index is 5.88. The van der Waals surface area contributed by atoms with Crippen LogP contribution >= 0.6 is 27.5 Å². The summed E-state index contributed by atoms with van der Waals surface area (Å²) in [5, 5.41) is 1.61. The number of benzene rings is 1. The van der Waals surface area contributed by atoms with Gasteiger partial charge in [0.25, 0.3) is 0 Å². The Hall–Kier alpha value is -0.600. The molecule has 0 aliphatic heterocycles. The van der Waals surface area contributed by atoms with Gasteiger partial charge in [0.2, 0.25) is 0 Å². The van der Waals surface area contributed by atoms with Gasteiger partial charge in [0.05, 0.1) is 9.99 Å². The maximum absolute atomic E-state index is 5.88. The molecule has 0 fully saturated rings. The van der Waals surface area contributed by atoms with E-state index in [1.54, 1.807) is 0 Å². The standard InChI is InChI=1S/C10H7BrClN/c1-6-2-3-7-5-8(11)10(12)13-9(7)4-6/h2-5H,1H3. The molecule has 66 valence electrons.